The highest BCUT2D eigenvalue weighted by Gasteiger charge is 2.38. The Balaban J connectivity index is 1.75. The molecule has 2 aliphatic rings. The van der Waals surface area contributed by atoms with E-state index in [1.54, 1.807) is 18.2 Å². The molecule has 0 radical (unpaired) electrons. The first-order valence-electron chi connectivity index (χ1n) is 6.58. The summed E-state index contributed by atoms with van der Waals surface area (Å²) >= 11 is 0. The van der Waals surface area contributed by atoms with E-state index in [4.69, 9.17) is 19.9 Å². The van der Waals surface area contributed by atoms with Crippen LogP contribution in [0.3, 0.4) is 0 Å². The molecule has 0 bridgehead atoms. The van der Waals surface area contributed by atoms with Crippen molar-refractivity contribution in [3.63, 3.8) is 0 Å². The normalized spacial score (nSPS) is 26.6. The molecule has 3 N–H and O–H groups in total. The summed E-state index contributed by atoms with van der Waals surface area (Å²) in [6, 6.07) is 5.27. The van der Waals surface area contributed by atoms with Crippen LogP contribution in [0.4, 0.5) is 5.69 Å². The fourth-order valence-electron chi connectivity index (χ4n) is 2.32. The third kappa shape index (κ3) is 2.32. The number of hydrogen-bond donors (Lipinski definition) is 2. The molecule has 6 nitrogen and oxygen atoms in total. The fourth-order valence-corrected chi connectivity index (χ4v) is 2.32. The Morgan fingerprint density at radius 3 is 2.75 bits per heavy atom. The Labute approximate surface area is 117 Å². The Morgan fingerprint density at radius 1 is 1.30 bits per heavy atom. The van der Waals surface area contributed by atoms with Crippen molar-refractivity contribution in [2.24, 2.45) is 5.73 Å². The van der Waals surface area contributed by atoms with Gasteiger partial charge in [-0.15, -0.1) is 0 Å². The van der Waals surface area contributed by atoms with Gasteiger partial charge in [0.05, 0.1) is 6.61 Å². The van der Waals surface area contributed by atoms with E-state index in [9.17, 15) is 4.79 Å². The van der Waals surface area contributed by atoms with Crippen LogP contribution in [-0.4, -0.2) is 30.4 Å². The molecule has 2 aliphatic heterocycles. The third-order valence-electron chi connectivity index (χ3n) is 3.42. The lowest BCUT2D eigenvalue weighted by Gasteiger charge is -2.20. The van der Waals surface area contributed by atoms with Gasteiger partial charge in [-0.05, 0) is 18.6 Å². The molecule has 0 aliphatic carbocycles. The molecule has 0 saturated carbocycles. The van der Waals surface area contributed by atoms with E-state index < -0.39 is 11.3 Å². The van der Waals surface area contributed by atoms with Crippen molar-refractivity contribution in [2.45, 2.75) is 31.6 Å². The van der Waals surface area contributed by atoms with Gasteiger partial charge in [0, 0.05) is 32.2 Å². The third-order valence-corrected chi connectivity index (χ3v) is 3.42. The number of carbonyl (C=O) groups is 1. The minimum atomic E-state index is -0.949. The summed E-state index contributed by atoms with van der Waals surface area (Å²) in [5, 5.41) is 2.80. The highest BCUT2D eigenvalue weighted by atomic mass is 16.7. The number of ether oxygens (including phenoxy) is 3. The molecule has 6 heteroatoms. The predicted octanol–water partition coefficient (Wildman–Crippen LogP) is 1.25. The van der Waals surface area contributed by atoms with Crippen molar-refractivity contribution in [3.8, 4) is 11.5 Å². The molecule has 1 aromatic carbocycles. The number of hydrogen-bond acceptors (Lipinski definition) is 5. The number of carbonyl (C=O) groups excluding carboxylic acids is 1. The smallest absolute Gasteiger partial charge is 0.246 e. The van der Waals surface area contributed by atoms with Gasteiger partial charge in [0.2, 0.25) is 11.7 Å². The second-order valence-electron chi connectivity index (χ2n) is 5.68. The lowest BCUT2D eigenvalue weighted by Crippen LogP contribution is -2.51. The van der Waals surface area contributed by atoms with E-state index in [0.29, 0.717) is 30.2 Å². The van der Waals surface area contributed by atoms with Crippen LogP contribution in [0.5, 0.6) is 11.5 Å². The summed E-state index contributed by atoms with van der Waals surface area (Å²) < 4.78 is 16.4. The van der Waals surface area contributed by atoms with Crippen LogP contribution in [0.2, 0.25) is 0 Å². The van der Waals surface area contributed by atoms with Crippen LogP contribution in [0.15, 0.2) is 18.2 Å². The summed E-state index contributed by atoms with van der Waals surface area (Å²) in [6.45, 7) is 4.42. The summed E-state index contributed by atoms with van der Waals surface area (Å²) in [5.74, 6) is 0.355. The van der Waals surface area contributed by atoms with Crippen molar-refractivity contribution in [1.29, 1.82) is 0 Å². The van der Waals surface area contributed by atoms with E-state index in [1.807, 2.05) is 13.8 Å². The second kappa shape index (κ2) is 4.36. The molecular formula is C14H18N2O4. The Morgan fingerprint density at radius 2 is 2.05 bits per heavy atom. The monoisotopic (exact) mass is 278 g/mol. The van der Waals surface area contributed by atoms with Gasteiger partial charge in [0.15, 0.2) is 11.5 Å². The first-order valence-corrected chi connectivity index (χ1v) is 6.58. The van der Waals surface area contributed by atoms with Crippen LogP contribution in [0.25, 0.3) is 0 Å². The topological polar surface area (TPSA) is 82.8 Å². The van der Waals surface area contributed by atoms with Gasteiger partial charge >= 0.3 is 0 Å². The maximum absolute atomic E-state index is 12.2. The molecular weight excluding hydrogens is 260 g/mol. The maximum Gasteiger partial charge on any atom is 0.246 e. The van der Waals surface area contributed by atoms with Crippen molar-refractivity contribution in [1.82, 2.24) is 0 Å². The van der Waals surface area contributed by atoms with Gasteiger partial charge in [-0.2, -0.15) is 0 Å². The number of benzene rings is 1. The average molecular weight is 278 g/mol. The molecule has 0 aromatic heterocycles. The molecule has 20 heavy (non-hydrogen) atoms. The molecule has 1 fully saturated rings. The summed E-state index contributed by atoms with van der Waals surface area (Å²) in [4.78, 5) is 12.2. The molecule has 2 heterocycles. The molecule has 1 saturated heterocycles. The summed E-state index contributed by atoms with van der Waals surface area (Å²) in [7, 11) is 0. The van der Waals surface area contributed by atoms with Crippen molar-refractivity contribution >= 4 is 11.6 Å². The van der Waals surface area contributed by atoms with Crippen molar-refractivity contribution in [2.75, 3.05) is 18.5 Å². The molecule has 108 valence electrons. The van der Waals surface area contributed by atoms with Crippen LogP contribution < -0.4 is 20.5 Å². The standard InChI is InChI=1S/C14H18N2O4/c1-13(2)19-10-4-3-9(7-11(10)20-13)16-12(17)14(15)5-6-18-8-14/h3-4,7H,5-6,8,15H2,1-2H3,(H,16,17). The predicted molar refractivity (Wildman–Crippen MR) is 72.8 cm³/mol. The first-order chi connectivity index (χ1) is 9.38. The van der Waals surface area contributed by atoms with E-state index in [0.717, 1.165) is 0 Å². The summed E-state index contributed by atoms with van der Waals surface area (Å²) in [5.41, 5.74) is 5.70. The molecule has 1 unspecified atom stereocenters. The maximum atomic E-state index is 12.2. The van der Waals surface area contributed by atoms with E-state index in [2.05, 4.69) is 5.32 Å². The quantitative estimate of drug-likeness (QED) is 0.850. The lowest BCUT2D eigenvalue weighted by molar-refractivity contribution is -0.121. The molecule has 1 amide bonds. The first kappa shape index (κ1) is 13.2. The molecule has 1 atom stereocenters. The van der Waals surface area contributed by atoms with Gasteiger partial charge in [0.25, 0.3) is 0 Å². The van der Waals surface area contributed by atoms with Crippen molar-refractivity contribution < 1.29 is 19.0 Å². The highest BCUT2D eigenvalue weighted by Crippen LogP contribution is 2.40. The second-order valence-corrected chi connectivity index (χ2v) is 5.68. The van der Waals surface area contributed by atoms with E-state index >= 15 is 0 Å². The Kier molecular flexibility index (Phi) is 2.88. The zero-order chi connectivity index (χ0) is 14.4. The number of nitrogens with two attached hydrogens (primary N) is 1. The number of amides is 1. The van der Waals surface area contributed by atoms with Crippen LogP contribution in [0.1, 0.15) is 20.3 Å². The van der Waals surface area contributed by atoms with Gasteiger partial charge in [-0.3, -0.25) is 4.79 Å². The Hall–Kier alpha value is -1.79. The number of fused-ring (bicyclic) bond motifs is 1. The van der Waals surface area contributed by atoms with E-state index in [1.165, 1.54) is 0 Å². The number of rotatable bonds is 2. The molecule has 0 spiro atoms. The van der Waals surface area contributed by atoms with Crippen LogP contribution in [0, 0.1) is 0 Å². The zero-order valence-electron chi connectivity index (χ0n) is 11.6. The minimum absolute atomic E-state index is 0.242. The van der Waals surface area contributed by atoms with Gasteiger partial charge in [0.1, 0.15) is 5.54 Å². The fraction of sp³-hybridized carbons (Fsp3) is 0.500. The van der Waals surface area contributed by atoms with E-state index in [-0.39, 0.29) is 12.5 Å². The Bertz CT molecular complexity index is 550. The average Bonchev–Trinajstić information content (AvgIpc) is 2.91. The molecule has 3 rings (SSSR count). The number of anilines is 1. The SMILES string of the molecule is CC1(C)Oc2ccc(NC(=O)C3(N)CCOC3)cc2O1. The highest BCUT2D eigenvalue weighted by molar-refractivity contribution is 5.98. The minimum Gasteiger partial charge on any atom is -0.449 e. The van der Waals surface area contributed by atoms with Crippen LogP contribution >= 0.6 is 0 Å². The van der Waals surface area contributed by atoms with Gasteiger partial charge in [-0.25, -0.2) is 0 Å². The lowest BCUT2D eigenvalue weighted by atomic mass is 9.99. The zero-order valence-corrected chi connectivity index (χ0v) is 11.6. The largest absolute Gasteiger partial charge is 0.449 e. The van der Waals surface area contributed by atoms with Crippen molar-refractivity contribution in [3.05, 3.63) is 18.2 Å². The number of nitrogens with one attached hydrogen (secondary N) is 1. The summed E-state index contributed by atoms with van der Waals surface area (Å²) in [6.07, 6.45) is 0.524. The van der Waals surface area contributed by atoms with Crippen LogP contribution in [-0.2, 0) is 9.53 Å². The molecule has 1 aromatic rings. The van der Waals surface area contributed by atoms with Gasteiger partial charge < -0.3 is 25.3 Å². The van der Waals surface area contributed by atoms with Gasteiger partial charge in [-0.1, -0.05) is 0 Å².